The van der Waals surface area contributed by atoms with E-state index < -0.39 is 16.6 Å². The molecular formula is C15H16FN5OS2. The summed E-state index contributed by atoms with van der Waals surface area (Å²) in [6.45, 7) is 1.59. The van der Waals surface area contributed by atoms with Crippen LogP contribution >= 0.6 is 11.3 Å². The molecule has 0 spiro atoms. The van der Waals surface area contributed by atoms with Gasteiger partial charge in [0.15, 0.2) is 16.8 Å². The zero-order chi connectivity index (χ0) is 16.5. The molecule has 3 aromatic heterocycles. The molecule has 0 saturated carbocycles. The molecule has 0 radical (unpaired) electrons. The van der Waals surface area contributed by atoms with Crippen LogP contribution in [-0.2, 0) is 16.6 Å². The van der Waals surface area contributed by atoms with E-state index in [-0.39, 0.29) is 5.75 Å². The Morgan fingerprint density at radius 1 is 1.25 bits per heavy atom. The van der Waals surface area contributed by atoms with Crippen molar-refractivity contribution in [2.45, 2.75) is 30.2 Å². The fourth-order valence-corrected chi connectivity index (χ4v) is 4.43. The number of halogens is 1. The Morgan fingerprint density at radius 3 is 2.88 bits per heavy atom. The number of imidazole rings is 1. The molecule has 0 aliphatic carbocycles. The van der Waals surface area contributed by atoms with E-state index in [1.807, 2.05) is 15.7 Å². The van der Waals surface area contributed by atoms with Crippen molar-refractivity contribution in [1.29, 1.82) is 0 Å². The molecule has 0 amide bonds. The van der Waals surface area contributed by atoms with Crippen molar-refractivity contribution in [3.63, 3.8) is 0 Å². The van der Waals surface area contributed by atoms with Crippen LogP contribution in [0.5, 0.6) is 0 Å². The quantitative estimate of drug-likeness (QED) is 0.769. The summed E-state index contributed by atoms with van der Waals surface area (Å²) in [5, 5.41) is 4.22. The van der Waals surface area contributed by atoms with Crippen LogP contribution in [0.3, 0.4) is 0 Å². The van der Waals surface area contributed by atoms with Crippen molar-refractivity contribution in [1.82, 2.24) is 19.9 Å². The van der Waals surface area contributed by atoms with E-state index in [0.717, 1.165) is 43.4 Å². The Labute approximate surface area is 144 Å². The van der Waals surface area contributed by atoms with Crippen molar-refractivity contribution in [2.75, 3.05) is 18.0 Å². The molecule has 1 atom stereocenters. The molecule has 24 heavy (non-hydrogen) atoms. The van der Waals surface area contributed by atoms with Crippen LogP contribution in [0.1, 0.15) is 25.1 Å². The predicted molar refractivity (Wildman–Crippen MR) is 92.1 cm³/mol. The number of hydrogen-bond donors (Lipinski definition) is 1. The lowest BCUT2D eigenvalue weighted by Gasteiger charge is -2.27. The molecule has 1 aliphatic heterocycles. The van der Waals surface area contributed by atoms with Crippen LogP contribution in [0.2, 0.25) is 0 Å². The molecule has 0 aromatic carbocycles. The van der Waals surface area contributed by atoms with E-state index >= 15 is 0 Å². The standard InChI is InChI=1S/C15H16FN5OS2/c16-10-6-17-13(20-14(10)21-4-2-1-3-5-21)9-24(22)15-18-11-7-23-8-12(11)19-15/h6-8H,1-5,9H2,(H,18,19). The minimum Gasteiger partial charge on any atom is -0.354 e. The smallest absolute Gasteiger partial charge is 0.197 e. The van der Waals surface area contributed by atoms with Crippen molar-refractivity contribution in [3.8, 4) is 0 Å². The van der Waals surface area contributed by atoms with Gasteiger partial charge in [0, 0.05) is 23.8 Å². The minimum atomic E-state index is -1.39. The Bertz CT molecular complexity index is 859. The monoisotopic (exact) mass is 365 g/mol. The highest BCUT2D eigenvalue weighted by atomic mass is 32.2. The first-order chi connectivity index (χ1) is 11.7. The number of thiophene rings is 1. The number of aromatic amines is 1. The second-order valence-electron chi connectivity index (χ2n) is 5.71. The number of H-pyrrole nitrogens is 1. The van der Waals surface area contributed by atoms with E-state index in [1.54, 1.807) is 0 Å². The largest absolute Gasteiger partial charge is 0.354 e. The second kappa shape index (κ2) is 6.56. The maximum atomic E-state index is 14.1. The van der Waals surface area contributed by atoms with E-state index in [1.165, 1.54) is 17.5 Å². The van der Waals surface area contributed by atoms with Crippen LogP contribution in [0, 0.1) is 5.82 Å². The van der Waals surface area contributed by atoms with Crippen LogP contribution in [0.15, 0.2) is 22.1 Å². The second-order valence-corrected chi connectivity index (χ2v) is 7.82. The number of nitrogens with one attached hydrogen (secondary N) is 1. The van der Waals surface area contributed by atoms with Gasteiger partial charge in [0.25, 0.3) is 0 Å². The van der Waals surface area contributed by atoms with Crippen molar-refractivity contribution in [3.05, 3.63) is 28.6 Å². The van der Waals surface area contributed by atoms with Crippen LogP contribution < -0.4 is 4.90 Å². The SMILES string of the molecule is O=S(Cc1ncc(F)c(N2CCCCC2)n1)c1nc2cscc2[nH]1. The maximum Gasteiger partial charge on any atom is 0.197 e. The lowest BCUT2D eigenvalue weighted by molar-refractivity contribution is 0.545. The van der Waals surface area contributed by atoms with Gasteiger partial charge in [-0.05, 0) is 19.3 Å². The zero-order valence-corrected chi connectivity index (χ0v) is 14.5. The zero-order valence-electron chi connectivity index (χ0n) is 12.9. The number of hydrogen-bond acceptors (Lipinski definition) is 6. The molecule has 0 bridgehead atoms. The van der Waals surface area contributed by atoms with Crippen LogP contribution in [-0.4, -0.2) is 37.2 Å². The molecule has 6 nitrogen and oxygen atoms in total. The van der Waals surface area contributed by atoms with E-state index in [9.17, 15) is 8.60 Å². The van der Waals surface area contributed by atoms with Gasteiger partial charge in [0.05, 0.1) is 28.3 Å². The molecule has 126 valence electrons. The lowest BCUT2D eigenvalue weighted by Crippen LogP contribution is -2.31. The highest BCUT2D eigenvalue weighted by molar-refractivity contribution is 7.84. The first kappa shape index (κ1) is 15.6. The summed E-state index contributed by atoms with van der Waals surface area (Å²) in [5.74, 6) is 0.372. The van der Waals surface area contributed by atoms with Gasteiger partial charge in [0.2, 0.25) is 0 Å². The van der Waals surface area contributed by atoms with Gasteiger partial charge < -0.3 is 9.88 Å². The summed E-state index contributed by atoms with van der Waals surface area (Å²) >= 11 is 1.54. The molecule has 4 rings (SSSR count). The van der Waals surface area contributed by atoms with Gasteiger partial charge in [-0.25, -0.2) is 19.3 Å². The molecule has 4 heterocycles. The first-order valence-corrected chi connectivity index (χ1v) is 10.0. The van der Waals surface area contributed by atoms with Crippen LogP contribution in [0.25, 0.3) is 11.0 Å². The van der Waals surface area contributed by atoms with Gasteiger partial charge in [-0.2, -0.15) is 0 Å². The number of anilines is 1. The number of aromatic nitrogens is 4. The molecular weight excluding hydrogens is 349 g/mol. The lowest BCUT2D eigenvalue weighted by atomic mass is 10.1. The topological polar surface area (TPSA) is 74.8 Å². The van der Waals surface area contributed by atoms with Gasteiger partial charge in [0.1, 0.15) is 11.3 Å². The molecule has 1 aliphatic rings. The highest BCUT2D eigenvalue weighted by Crippen LogP contribution is 2.22. The summed E-state index contributed by atoms with van der Waals surface area (Å²) in [6, 6.07) is 0. The first-order valence-electron chi connectivity index (χ1n) is 7.77. The Balaban J connectivity index is 1.55. The number of nitrogens with zero attached hydrogens (tertiary/aromatic N) is 4. The Morgan fingerprint density at radius 2 is 2.08 bits per heavy atom. The Hall–Kier alpha value is -1.87. The predicted octanol–water partition coefficient (Wildman–Crippen LogP) is 2.85. The van der Waals surface area contributed by atoms with Crippen molar-refractivity contribution in [2.24, 2.45) is 0 Å². The van der Waals surface area contributed by atoms with Gasteiger partial charge in [-0.15, -0.1) is 11.3 Å². The van der Waals surface area contributed by atoms with E-state index in [0.29, 0.717) is 16.8 Å². The summed E-state index contributed by atoms with van der Waals surface area (Å²) in [6.07, 6.45) is 4.40. The average molecular weight is 365 g/mol. The summed E-state index contributed by atoms with van der Waals surface area (Å²) < 4.78 is 26.5. The maximum absolute atomic E-state index is 14.1. The van der Waals surface area contributed by atoms with Crippen LogP contribution in [0.4, 0.5) is 10.2 Å². The molecule has 1 N–H and O–H groups in total. The van der Waals surface area contributed by atoms with Crippen molar-refractivity contribution >= 4 is 39.0 Å². The fraction of sp³-hybridized carbons (Fsp3) is 0.400. The summed E-state index contributed by atoms with van der Waals surface area (Å²) in [5.41, 5.74) is 1.68. The number of fused-ring (bicyclic) bond motifs is 1. The minimum absolute atomic E-state index is 0.112. The summed E-state index contributed by atoms with van der Waals surface area (Å²) in [4.78, 5) is 17.6. The molecule has 1 unspecified atom stereocenters. The average Bonchev–Trinajstić information content (AvgIpc) is 3.19. The third-order valence-electron chi connectivity index (χ3n) is 4.01. The molecule has 3 aromatic rings. The number of piperidine rings is 1. The number of rotatable bonds is 4. The van der Waals surface area contributed by atoms with Crippen molar-refractivity contribution < 1.29 is 8.60 Å². The molecule has 1 fully saturated rings. The third kappa shape index (κ3) is 3.05. The van der Waals surface area contributed by atoms with E-state index in [2.05, 4.69) is 19.9 Å². The Kier molecular flexibility index (Phi) is 4.28. The van der Waals surface area contributed by atoms with Gasteiger partial charge in [-0.3, -0.25) is 4.21 Å². The normalized spacial score (nSPS) is 16.6. The third-order valence-corrected chi connectivity index (χ3v) is 5.89. The fourth-order valence-electron chi connectivity index (χ4n) is 2.81. The van der Waals surface area contributed by atoms with Gasteiger partial charge >= 0.3 is 0 Å². The summed E-state index contributed by atoms with van der Waals surface area (Å²) in [7, 11) is -1.39. The molecule has 9 heteroatoms. The van der Waals surface area contributed by atoms with Gasteiger partial charge in [-0.1, -0.05) is 0 Å². The highest BCUT2D eigenvalue weighted by Gasteiger charge is 2.19. The molecule has 1 saturated heterocycles. The van der Waals surface area contributed by atoms with E-state index in [4.69, 9.17) is 0 Å².